The molecule has 4 aromatic rings. The maximum Gasteiger partial charge on any atom is 0.218 e. The molecule has 1 N–H and O–H groups in total. The highest BCUT2D eigenvalue weighted by molar-refractivity contribution is 5.75. The molecule has 0 unspecified atom stereocenters. The number of rotatable bonds is 2. The quantitative estimate of drug-likeness (QED) is 0.478. The van der Waals surface area contributed by atoms with Gasteiger partial charge in [-0.3, -0.25) is 0 Å². The number of ether oxygens (including phenoxy) is 2. The van der Waals surface area contributed by atoms with Gasteiger partial charge in [-0.05, 0) is 25.0 Å². The van der Waals surface area contributed by atoms with Crippen LogP contribution in [0.25, 0.3) is 11.3 Å². The molecule has 5 heterocycles. The molecule has 0 fully saturated rings. The van der Waals surface area contributed by atoms with Gasteiger partial charge in [0, 0.05) is 11.3 Å². The molecule has 178 valence electrons. The van der Waals surface area contributed by atoms with Gasteiger partial charge in [0.25, 0.3) is 0 Å². The number of fused-ring (bicyclic) bond motifs is 1. The van der Waals surface area contributed by atoms with E-state index in [1.807, 2.05) is 31.3 Å². The third kappa shape index (κ3) is 4.03. The zero-order valence-electron chi connectivity index (χ0n) is 19.3. The molecule has 2 aliphatic heterocycles. The third-order valence-electron chi connectivity index (χ3n) is 6.37. The lowest BCUT2D eigenvalue weighted by Crippen LogP contribution is -2.45. The number of nitrogens with one attached hydrogen (secondary N) is 1. The van der Waals surface area contributed by atoms with E-state index in [1.54, 1.807) is 10.7 Å². The molecule has 2 aliphatic rings. The summed E-state index contributed by atoms with van der Waals surface area (Å²) in [4.78, 5) is 11.4. The van der Waals surface area contributed by atoms with Crippen molar-refractivity contribution in [2.45, 2.75) is 32.0 Å². The monoisotopic (exact) mass is 472 g/mol. The summed E-state index contributed by atoms with van der Waals surface area (Å²) in [7, 11) is 0. The standard InChI is InChI=1S/C26H25FN6O2/c1-16-10-28-17(2)22-12-30-33-14-23-25(31-24(22)33)32(13-19-9-20(27)11-29-26(19)35-16)21(15-34-23)8-18-6-4-3-5-7-18/h3-7,9,11-12,14,16,21,28H,2,8,10,13,15H2,1H3/t16-,21+/m0/s1. The second-order valence-corrected chi connectivity index (χ2v) is 8.94. The summed E-state index contributed by atoms with van der Waals surface area (Å²) in [6.45, 7) is 7.42. The van der Waals surface area contributed by atoms with Gasteiger partial charge >= 0.3 is 0 Å². The van der Waals surface area contributed by atoms with Crippen molar-refractivity contribution in [3.8, 4) is 11.6 Å². The lowest BCUT2D eigenvalue weighted by atomic mass is 10.0. The highest BCUT2D eigenvalue weighted by atomic mass is 19.1. The Bertz CT molecular complexity index is 1410. The second-order valence-electron chi connectivity index (χ2n) is 8.94. The van der Waals surface area contributed by atoms with Gasteiger partial charge in [-0.2, -0.15) is 5.10 Å². The van der Waals surface area contributed by atoms with E-state index >= 15 is 0 Å². The summed E-state index contributed by atoms with van der Waals surface area (Å²) in [5.41, 5.74) is 3.99. The number of hydrogen-bond donors (Lipinski definition) is 1. The van der Waals surface area contributed by atoms with Crippen molar-refractivity contribution in [3.63, 3.8) is 0 Å². The average Bonchev–Trinajstić information content (AvgIpc) is 3.27. The van der Waals surface area contributed by atoms with Crippen LogP contribution in [0.15, 0.2) is 61.6 Å². The molecular weight excluding hydrogens is 447 g/mol. The van der Waals surface area contributed by atoms with E-state index in [4.69, 9.17) is 14.5 Å². The van der Waals surface area contributed by atoms with E-state index in [2.05, 4.69) is 39.0 Å². The van der Waals surface area contributed by atoms with Gasteiger partial charge in [-0.1, -0.05) is 36.9 Å². The normalized spacial score (nSPS) is 19.6. The van der Waals surface area contributed by atoms with Crippen LogP contribution >= 0.6 is 0 Å². The fourth-order valence-corrected chi connectivity index (χ4v) is 4.58. The molecule has 8 nitrogen and oxygen atoms in total. The Morgan fingerprint density at radius 3 is 2.94 bits per heavy atom. The summed E-state index contributed by atoms with van der Waals surface area (Å²) in [5, 5.41) is 7.76. The summed E-state index contributed by atoms with van der Waals surface area (Å²) < 4.78 is 28.3. The number of pyridine rings is 1. The first-order chi connectivity index (χ1) is 17.0. The van der Waals surface area contributed by atoms with E-state index in [0.29, 0.717) is 54.1 Å². The van der Waals surface area contributed by atoms with Crippen molar-refractivity contribution in [3.05, 3.63) is 84.1 Å². The van der Waals surface area contributed by atoms with Crippen molar-refractivity contribution in [1.29, 1.82) is 0 Å². The Hall–Kier alpha value is -4.14. The van der Waals surface area contributed by atoms with Crippen LogP contribution in [0.3, 0.4) is 0 Å². The molecule has 2 bridgehead atoms. The molecule has 6 rings (SSSR count). The molecule has 0 spiro atoms. The van der Waals surface area contributed by atoms with Crippen LogP contribution in [0, 0.1) is 5.82 Å². The number of nitrogens with zero attached hydrogens (tertiary/aromatic N) is 5. The number of hydrogen-bond acceptors (Lipinski definition) is 7. The van der Waals surface area contributed by atoms with Crippen molar-refractivity contribution < 1.29 is 13.9 Å². The molecule has 9 heteroatoms. The van der Waals surface area contributed by atoms with Crippen LogP contribution < -0.4 is 19.7 Å². The van der Waals surface area contributed by atoms with Crippen LogP contribution in [0.2, 0.25) is 0 Å². The Kier molecular flexibility index (Phi) is 5.24. The van der Waals surface area contributed by atoms with Crippen LogP contribution in [0.1, 0.15) is 23.6 Å². The first-order valence-electron chi connectivity index (χ1n) is 11.6. The minimum absolute atomic E-state index is 0.0359. The summed E-state index contributed by atoms with van der Waals surface area (Å²) >= 11 is 0. The highest BCUT2D eigenvalue weighted by Crippen LogP contribution is 2.36. The largest absolute Gasteiger partial charge is 0.486 e. The molecule has 2 atom stereocenters. The maximum atomic E-state index is 14.3. The molecule has 0 amide bonds. The van der Waals surface area contributed by atoms with E-state index in [0.717, 1.165) is 12.0 Å². The lowest BCUT2D eigenvalue weighted by Gasteiger charge is -2.38. The summed E-state index contributed by atoms with van der Waals surface area (Å²) in [5.74, 6) is 1.28. The Balaban J connectivity index is 1.51. The van der Waals surface area contributed by atoms with Crippen LogP contribution in [0.5, 0.6) is 11.6 Å². The SMILES string of the molecule is C=C1NC[C@H](C)Oc2ncc(F)cc2CN2c3nc4c1cnn4cc3OC[C@H]2Cc1ccccc1. The second kappa shape index (κ2) is 8.57. The number of anilines is 1. The minimum Gasteiger partial charge on any atom is -0.486 e. The van der Waals surface area contributed by atoms with Gasteiger partial charge in [0.2, 0.25) is 5.88 Å². The molecular formula is C26H25FN6O2. The lowest BCUT2D eigenvalue weighted by molar-refractivity contribution is 0.210. The fourth-order valence-electron chi connectivity index (χ4n) is 4.58. The van der Waals surface area contributed by atoms with Crippen LogP contribution in [-0.4, -0.2) is 44.9 Å². The van der Waals surface area contributed by atoms with Gasteiger partial charge in [-0.25, -0.2) is 18.9 Å². The topological polar surface area (TPSA) is 76.8 Å². The predicted octanol–water partition coefficient (Wildman–Crippen LogP) is 3.61. The summed E-state index contributed by atoms with van der Waals surface area (Å²) in [6, 6.07) is 11.7. The van der Waals surface area contributed by atoms with E-state index in [1.165, 1.54) is 17.8 Å². The summed E-state index contributed by atoms with van der Waals surface area (Å²) in [6.07, 6.45) is 5.27. The molecule has 1 aromatic carbocycles. The molecule has 0 radical (unpaired) electrons. The number of aromatic nitrogens is 4. The first kappa shape index (κ1) is 21.4. The van der Waals surface area contributed by atoms with E-state index in [-0.39, 0.29) is 12.1 Å². The van der Waals surface area contributed by atoms with Crippen molar-refractivity contribution in [2.75, 3.05) is 18.1 Å². The molecule has 0 saturated carbocycles. The van der Waals surface area contributed by atoms with Gasteiger partial charge in [0.1, 0.15) is 18.5 Å². The Morgan fingerprint density at radius 1 is 1.23 bits per heavy atom. The van der Waals surface area contributed by atoms with Crippen molar-refractivity contribution in [2.24, 2.45) is 0 Å². The van der Waals surface area contributed by atoms with Gasteiger partial charge < -0.3 is 19.7 Å². The van der Waals surface area contributed by atoms with Crippen LogP contribution in [-0.2, 0) is 13.0 Å². The maximum absolute atomic E-state index is 14.3. The number of benzene rings is 1. The highest BCUT2D eigenvalue weighted by Gasteiger charge is 2.32. The van der Waals surface area contributed by atoms with Gasteiger partial charge in [0.05, 0.1) is 43.3 Å². The van der Waals surface area contributed by atoms with Crippen molar-refractivity contribution in [1.82, 2.24) is 24.9 Å². The molecule has 0 aliphatic carbocycles. The predicted molar refractivity (Wildman–Crippen MR) is 130 cm³/mol. The minimum atomic E-state index is -0.412. The average molecular weight is 473 g/mol. The Labute approximate surface area is 202 Å². The zero-order chi connectivity index (χ0) is 23.9. The molecule has 3 aromatic heterocycles. The third-order valence-corrected chi connectivity index (χ3v) is 6.37. The van der Waals surface area contributed by atoms with Gasteiger partial charge in [-0.15, -0.1) is 0 Å². The van der Waals surface area contributed by atoms with E-state index in [9.17, 15) is 4.39 Å². The number of halogens is 1. The Morgan fingerprint density at radius 2 is 2.09 bits per heavy atom. The zero-order valence-corrected chi connectivity index (χ0v) is 19.3. The molecule has 0 saturated heterocycles. The van der Waals surface area contributed by atoms with Crippen LogP contribution in [0.4, 0.5) is 10.2 Å². The van der Waals surface area contributed by atoms with E-state index < -0.39 is 5.82 Å². The van der Waals surface area contributed by atoms with Gasteiger partial charge in [0.15, 0.2) is 17.2 Å². The first-order valence-corrected chi connectivity index (χ1v) is 11.6. The van der Waals surface area contributed by atoms with Crippen molar-refractivity contribution >= 4 is 17.2 Å². The molecule has 35 heavy (non-hydrogen) atoms. The smallest absolute Gasteiger partial charge is 0.218 e. The fraction of sp³-hybridized carbons (Fsp3) is 0.269.